The van der Waals surface area contributed by atoms with Crippen LogP contribution in [0.2, 0.25) is 5.02 Å². The van der Waals surface area contributed by atoms with E-state index in [9.17, 15) is 14.0 Å². The van der Waals surface area contributed by atoms with Crippen molar-refractivity contribution in [3.05, 3.63) is 98.0 Å². The van der Waals surface area contributed by atoms with Crippen molar-refractivity contribution in [3.63, 3.8) is 0 Å². The van der Waals surface area contributed by atoms with Crippen LogP contribution in [0.5, 0.6) is 0 Å². The van der Waals surface area contributed by atoms with Gasteiger partial charge in [-0.25, -0.2) is 14.8 Å². The molecule has 0 saturated heterocycles. The Kier molecular flexibility index (Phi) is 7.22. The van der Waals surface area contributed by atoms with Crippen LogP contribution >= 0.6 is 39.3 Å². The van der Waals surface area contributed by atoms with Gasteiger partial charge in [0.05, 0.1) is 28.6 Å². The van der Waals surface area contributed by atoms with Crippen LogP contribution in [0.4, 0.5) is 4.39 Å². The molecule has 0 saturated carbocycles. The Labute approximate surface area is 205 Å². The molecule has 166 valence electrons. The Balaban J connectivity index is 1.56. The molecule has 0 unspecified atom stereocenters. The van der Waals surface area contributed by atoms with Gasteiger partial charge in [-0.05, 0) is 54.6 Å². The van der Waals surface area contributed by atoms with Crippen molar-refractivity contribution in [1.82, 2.24) is 15.0 Å². The fourth-order valence-corrected chi connectivity index (χ4v) is 4.29. The monoisotopic (exact) mass is 544 g/mol. The number of thioether (sulfide) groups is 1. The molecule has 1 aromatic heterocycles. The van der Waals surface area contributed by atoms with Gasteiger partial charge in [-0.3, -0.25) is 14.2 Å². The molecule has 0 aliphatic heterocycles. The third kappa shape index (κ3) is 5.50. The summed E-state index contributed by atoms with van der Waals surface area (Å²) < 4.78 is 15.9. The molecule has 4 rings (SSSR count). The van der Waals surface area contributed by atoms with Gasteiger partial charge in [0.1, 0.15) is 5.82 Å². The number of halogens is 3. The summed E-state index contributed by atoms with van der Waals surface area (Å²) in [6, 6.07) is 18.2. The maximum Gasteiger partial charge on any atom is 0.266 e. The Hall–Kier alpha value is -3.01. The van der Waals surface area contributed by atoms with Gasteiger partial charge in [0.2, 0.25) is 0 Å². The number of nitrogens with one attached hydrogen (secondary N) is 1. The first kappa shape index (κ1) is 23.2. The van der Waals surface area contributed by atoms with Gasteiger partial charge in [0, 0.05) is 15.1 Å². The molecule has 1 heterocycles. The third-order valence-electron chi connectivity index (χ3n) is 4.51. The number of fused-ring (bicyclic) bond motifs is 1. The van der Waals surface area contributed by atoms with E-state index >= 15 is 0 Å². The number of rotatable bonds is 6. The van der Waals surface area contributed by atoms with Crippen LogP contribution < -0.4 is 11.0 Å². The van der Waals surface area contributed by atoms with E-state index in [1.54, 1.807) is 60.7 Å². The number of benzene rings is 3. The minimum absolute atomic E-state index is 0.0589. The first-order valence-corrected chi connectivity index (χ1v) is 11.8. The predicted octanol–water partition coefficient (Wildman–Crippen LogP) is 5.18. The second kappa shape index (κ2) is 10.3. The summed E-state index contributed by atoms with van der Waals surface area (Å²) in [5.41, 5.74) is 3.44. The highest BCUT2D eigenvalue weighted by atomic mass is 79.9. The topological polar surface area (TPSA) is 76.3 Å². The van der Waals surface area contributed by atoms with Crippen molar-refractivity contribution < 1.29 is 9.18 Å². The zero-order valence-electron chi connectivity index (χ0n) is 16.8. The number of hydrogen-bond acceptors (Lipinski definition) is 5. The quantitative estimate of drug-likeness (QED) is 0.157. The third-order valence-corrected chi connectivity index (χ3v) is 6.20. The summed E-state index contributed by atoms with van der Waals surface area (Å²) in [6.45, 7) is 0. The largest absolute Gasteiger partial charge is 0.272 e. The van der Waals surface area contributed by atoms with Gasteiger partial charge in [0.15, 0.2) is 5.16 Å². The van der Waals surface area contributed by atoms with Crippen molar-refractivity contribution in [2.75, 3.05) is 5.75 Å². The van der Waals surface area contributed by atoms with E-state index in [1.807, 2.05) is 0 Å². The van der Waals surface area contributed by atoms with E-state index in [4.69, 9.17) is 11.6 Å². The Bertz CT molecular complexity index is 1430. The molecule has 0 radical (unpaired) electrons. The summed E-state index contributed by atoms with van der Waals surface area (Å²) in [7, 11) is 0. The number of carbonyl (C=O) groups is 1. The maximum atomic E-state index is 13.8. The SMILES string of the molecule is O=C(CSc1nc2ccccc2c(=O)n1-c1ccc(Cl)cc1)N/N=C\c1cc(Br)ccc1F. The highest BCUT2D eigenvalue weighted by Crippen LogP contribution is 2.22. The molecule has 33 heavy (non-hydrogen) atoms. The van der Waals surface area contributed by atoms with Crippen molar-refractivity contribution >= 4 is 62.3 Å². The summed E-state index contributed by atoms with van der Waals surface area (Å²) in [5, 5.41) is 5.15. The summed E-state index contributed by atoms with van der Waals surface area (Å²) in [5.74, 6) is -0.953. The smallest absolute Gasteiger partial charge is 0.266 e. The number of carbonyl (C=O) groups excluding carboxylic acids is 1. The number of aromatic nitrogens is 2. The number of hydrogen-bond donors (Lipinski definition) is 1. The number of para-hydroxylation sites is 1. The van der Waals surface area contributed by atoms with Crippen LogP contribution in [0.3, 0.4) is 0 Å². The summed E-state index contributed by atoms with van der Waals surface area (Å²) >= 11 is 10.3. The number of amides is 1. The molecule has 0 aliphatic carbocycles. The molecule has 0 bridgehead atoms. The lowest BCUT2D eigenvalue weighted by molar-refractivity contribution is -0.118. The van der Waals surface area contributed by atoms with E-state index in [1.165, 1.54) is 16.8 Å². The van der Waals surface area contributed by atoms with Crippen LogP contribution in [0, 0.1) is 5.82 Å². The normalized spacial score (nSPS) is 11.2. The zero-order valence-corrected chi connectivity index (χ0v) is 20.0. The lowest BCUT2D eigenvalue weighted by Crippen LogP contribution is -2.24. The molecule has 0 atom stereocenters. The zero-order chi connectivity index (χ0) is 23.4. The van der Waals surface area contributed by atoms with Gasteiger partial charge in [-0.15, -0.1) is 0 Å². The molecule has 1 N–H and O–H groups in total. The minimum atomic E-state index is -0.460. The van der Waals surface area contributed by atoms with Crippen LogP contribution in [-0.2, 0) is 4.79 Å². The molecule has 3 aromatic carbocycles. The van der Waals surface area contributed by atoms with Gasteiger partial charge in [0.25, 0.3) is 11.5 Å². The van der Waals surface area contributed by atoms with Gasteiger partial charge in [-0.2, -0.15) is 5.10 Å². The maximum absolute atomic E-state index is 13.8. The Morgan fingerprint density at radius 1 is 1.18 bits per heavy atom. The Morgan fingerprint density at radius 2 is 1.94 bits per heavy atom. The highest BCUT2D eigenvalue weighted by Gasteiger charge is 2.14. The Morgan fingerprint density at radius 3 is 2.73 bits per heavy atom. The van der Waals surface area contributed by atoms with Crippen LogP contribution in [0.25, 0.3) is 16.6 Å². The van der Waals surface area contributed by atoms with Crippen LogP contribution in [0.15, 0.2) is 86.3 Å². The van der Waals surface area contributed by atoms with E-state index in [0.29, 0.717) is 31.2 Å². The number of hydrazone groups is 1. The molecule has 10 heteroatoms. The van der Waals surface area contributed by atoms with Gasteiger partial charge in [-0.1, -0.05) is 51.4 Å². The van der Waals surface area contributed by atoms with Crippen LogP contribution in [0.1, 0.15) is 5.56 Å². The molecular weight excluding hydrogens is 531 g/mol. The highest BCUT2D eigenvalue weighted by molar-refractivity contribution is 9.10. The lowest BCUT2D eigenvalue weighted by atomic mass is 10.2. The van der Waals surface area contributed by atoms with E-state index < -0.39 is 11.7 Å². The van der Waals surface area contributed by atoms with E-state index in [0.717, 1.165) is 11.8 Å². The van der Waals surface area contributed by atoms with E-state index in [-0.39, 0.29) is 16.9 Å². The van der Waals surface area contributed by atoms with Gasteiger partial charge < -0.3 is 0 Å². The average Bonchev–Trinajstić information content (AvgIpc) is 2.81. The molecular formula is C23H15BrClFN4O2S. The fourth-order valence-electron chi connectivity index (χ4n) is 2.98. The number of nitrogens with zero attached hydrogens (tertiary/aromatic N) is 3. The second-order valence-corrected chi connectivity index (χ2v) is 9.07. The van der Waals surface area contributed by atoms with Crippen LogP contribution in [-0.4, -0.2) is 27.4 Å². The average molecular weight is 546 g/mol. The first-order chi connectivity index (χ1) is 15.9. The fraction of sp³-hybridized carbons (Fsp3) is 0.0435. The van der Waals surface area contributed by atoms with Gasteiger partial charge >= 0.3 is 0 Å². The molecule has 0 fully saturated rings. The van der Waals surface area contributed by atoms with Crippen molar-refractivity contribution in [2.24, 2.45) is 5.10 Å². The minimum Gasteiger partial charge on any atom is -0.272 e. The van der Waals surface area contributed by atoms with E-state index in [2.05, 4.69) is 31.4 Å². The first-order valence-electron chi connectivity index (χ1n) is 9.60. The van der Waals surface area contributed by atoms with Crippen molar-refractivity contribution in [1.29, 1.82) is 0 Å². The molecule has 1 amide bonds. The predicted molar refractivity (Wildman–Crippen MR) is 133 cm³/mol. The van der Waals surface area contributed by atoms with Crippen molar-refractivity contribution in [3.8, 4) is 5.69 Å². The van der Waals surface area contributed by atoms with Crippen molar-refractivity contribution in [2.45, 2.75) is 5.16 Å². The molecule has 6 nitrogen and oxygen atoms in total. The molecule has 0 spiro atoms. The molecule has 0 aliphatic rings. The standard InChI is InChI=1S/C23H15BrClFN4O2S/c24-15-5-10-19(26)14(11-15)12-27-29-21(31)13-33-23-28-20-4-2-1-3-18(20)22(32)30(23)17-8-6-16(25)7-9-17/h1-12H,13H2,(H,29,31)/b27-12-. The molecule has 4 aromatic rings. The summed E-state index contributed by atoms with van der Waals surface area (Å²) in [6.07, 6.45) is 1.22. The second-order valence-electron chi connectivity index (χ2n) is 6.78. The lowest BCUT2D eigenvalue weighted by Gasteiger charge is -2.13. The summed E-state index contributed by atoms with van der Waals surface area (Å²) in [4.78, 5) is 30.1.